The first-order chi connectivity index (χ1) is 11.3. The average molecular weight is 316 g/mol. The fourth-order valence-corrected chi connectivity index (χ4v) is 2.34. The number of hydrogen-bond acceptors (Lipinski definition) is 4. The monoisotopic (exact) mass is 316 g/mol. The fourth-order valence-electron chi connectivity index (χ4n) is 2.34. The highest BCUT2D eigenvalue weighted by Gasteiger charge is 2.10. The third-order valence-corrected chi connectivity index (χ3v) is 3.51. The van der Waals surface area contributed by atoms with Gasteiger partial charge in [0.25, 0.3) is 0 Å². The molecule has 7 nitrogen and oxygen atoms in total. The first kappa shape index (κ1) is 15.4. The molecule has 1 aromatic heterocycles. The van der Waals surface area contributed by atoms with Crippen LogP contribution in [0.3, 0.4) is 0 Å². The molecule has 0 fully saturated rings. The molecule has 0 spiro atoms. The van der Waals surface area contributed by atoms with Crippen LogP contribution in [0, 0.1) is 0 Å². The molecule has 2 N–H and O–H groups in total. The van der Waals surface area contributed by atoms with Gasteiger partial charge in [0.2, 0.25) is 0 Å². The summed E-state index contributed by atoms with van der Waals surface area (Å²) < 4.78 is 13.0. The van der Waals surface area contributed by atoms with E-state index in [1.165, 1.54) is 0 Å². The van der Waals surface area contributed by atoms with Crippen molar-refractivity contribution in [3.8, 4) is 5.75 Å². The van der Waals surface area contributed by atoms with Gasteiger partial charge in [-0.15, -0.1) is 0 Å². The quantitative estimate of drug-likeness (QED) is 0.827. The number of nitrogens with one attached hydrogen (secondary N) is 2. The van der Waals surface area contributed by atoms with Crippen molar-refractivity contribution in [2.24, 2.45) is 0 Å². The number of anilines is 1. The van der Waals surface area contributed by atoms with Gasteiger partial charge in [-0.1, -0.05) is 6.07 Å². The third kappa shape index (κ3) is 4.46. The molecule has 1 aliphatic rings. The highest BCUT2D eigenvalue weighted by molar-refractivity contribution is 5.89. The molecule has 0 radical (unpaired) electrons. The number of aryl methyl sites for hydroxylation is 1. The van der Waals surface area contributed by atoms with E-state index in [2.05, 4.69) is 15.6 Å². The van der Waals surface area contributed by atoms with Crippen LogP contribution in [0.15, 0.2) is 36.9 Å². The number of imidazole rings is 1. The first-order valence-electron chi connectivity index (χ1n) is 7.65. The Morgan fingerprint density at radius 1 is 1.35 bits per heavy atom. The highest BCUT2D eigenvalue weighted by Crippen LogP contribution is 2.25. The van der Waals surface area contributed by atoms with Crippen LogP contribution >= 0.6 is 0 Å². The van der Waals surface area contributed by atoms with Gasteiger partial charge in [-0.05, 0) is 12.5 Å². The fraction of sp³-hybridized carbons (Fsp3) is 0.375. The van der Waals surface area contributed by atoms with Crippen molar-refractivity contribution in [1.29, 1.82) is 0 Å². The van der Waals surface area contributed by atoms with Crippen LogP contribution < -0.4 is 15.4 Å². The number of nitrogens with zero attached hydrogens (tertiary/aromatic N) is 2. The summed E-state index contributed by atoms with van der Waals surface area (Å²) in [5.74, 6) is 0.764. The van der Waals surface area contributed by atoms with E-state index < -0.39 is 0 Å². The lowest BCUT2D eigenvalue weighted by atomic mass is 10.2. The number of rotatable bonds is 5. The Bertz CT molecular complexity index is 643. The second-order valence-corrected chi connectivity index (χ2v) is 5.26. The maximum absolute atomic E-state index is 11.9. The minimum atomic E-state index is -0.222. The van der Waals surface area contributed by atoms with Crippen molar-refractivity contribution >= 4 is 11.7 Å². The minimum absolute atomic E-state index is 0.222. The lowest BCUT2D eigenvalue weighted by molar-refractivity contribution is 0.107. The third-order valence-electron chi connectivity index (χ3n) is 3.51. The van der Waals surface area contributed by atoms with Gasteiger partial charge >= 0.3 is 6.03 Å². The summed E-state index contributed by atoms with van der Waals surface area (Å²) in [5.41, 5.74) is 1.70. The maximum atomic E-state index is 11.9. The van der Waals surface area contributed by atoms with E-state index in [4.69, 9.17) is 9.47 Å². The number of hydrogen-bond donors (Lipinski definition) is 2. The zero-order valence-electron chi connectivity index (χ0n) is 12.8. The Morgan fingerprint density at radius 2 is 2.30 bits per heavy atom. The Kier molecular flexibility index (Phi) is 5.10. The van der Waals surface area contributed by atoms with Gasteiger partial charge in [0.1, 0.15) is 12.4 Å². The lowest BCUT2D eigenvalue weighted by Gasteiger charge is -2.11. The normalized spacial score (nSPS) is 13.6. The molecular weight excluding hydrogens is 296 g/mol. The molecule has 0 saturated carbocycles. The topological polar surface area (TPSA) is 77.4 Å². The molecule has 122 valence electrons. The van der Waals surface area contributed by atoms with Gasteiger partial charge in [0.15, 0.2) is 0 Å². The van der Waals surface area contributed by atoms with Crippen molar-refractivity contribution in [3.05, 3.63) is 42.5 Å². The molecule has 0 bridgehead atoms. The van der Waals surface area contributed by atoms with Gasteiger partial charge in [0.05, 0.1) is 19.5 Å². The molecule has 0 saturated heterocycles. The molecule has 2 heterocycles. The van der Waals surface area contributed by atoms with E-state index in [0.717, 1.165) is 24.3 Å². The summed E-state index contributed by atoms with van der Waals surface area (Å²) in [6, 6.07) is 5.37. The number of benzene rings is 1. The van der Waals surface area contributed by atoms with Gasteiger partial charge in [-0.3, -0.25) is 0 Å². The highest BCUT2D eigenvalue weighted by atomic mass is 16.5. The Hall–Kier alpha value is -2.54. The molecule has 7 heteroatoms. The molecule has 1 aromatic carbocycles. The predicted molar refractivity (Wildman–Crippen MR) is 85.5 cm³/mol. The van der Waals surface area contributed by atoms with Crippen molar-refractivity contribution in [2.75, 3.05) is 25.1 Å². The van der Waals surface area contributed by atoms with Crippen molar-refractivity contribution in [1.82, 2.24) is 14.9 Å². The molecule has 23 heavy (non-hydrogen) atoms. The molecule has 0 aliphatic carbocycles. The standard InChI is InChI=1S/C16H20N4O3/c21-16(18-4-1-6-20-7-5-17-12-20)19-14-3-2-13-11-22-8-9-23-15(13)10-14/h2-3,5,7,10,12H,1,4,6,8-9,11H2,(H2,18,19,21). The second kappa shape index (κ2) is 7.64. The van der Waals surface area contributed by atoms with E-state index in [0.29, 0.717) is 32.1 Å². The van der Waals surface area contributed by atoms with E-state index in [1.807, 2.05) is 29.0 Å². The lowest BCUT2D eigenvalue weighted by Crippen LogP contribution is -2.30. The van der Waals surface area contributed by atoms with Crippen LogP contribution in [-0.2, 0) is 17.9 Å². The summed E-state index contributed by atoms with van der Waals surface area (Å²) in [4.78, 5) is 15.9. The van der Waals surface area contributed by atoms with Gasteiger partial charge < -0.3 is 24.7 Å². The largest absolute Gasteiger partial charge is 0.491 e. The molecule has 2 aromatic rings. The smallest absolute Gasteiger partial charge is 0.319 e. The van der Waals surface area contributed by atoms with Crippen LogP contribution in [0.2, 0.25) is 0 Å². The summed E-state index contributed by atoms with van der Waals surface area (Å²) in [5, 5.41) is 5.65. The number of urea groups is 1. The van der Waals surface area contributed by atoms with Gasteiger partial charge in [-0.2, -0.15) is 0 Å². The number of carbonyl (C=O) groups excluding carboxylic acids is 1. The Morgan fingerprint density at radius 3 is 3.17 bits per heavy atom. The molecule has 1 aliphatic heterocycles. The van der Waals surface area contributed by atoms with E-state index >= 15 is 0 Å². The van der Waals surface area contributed by atoms with Crippen LogP contribution in [0.5, 0.6) is 5.75 Å². The van der Waals surface area contributed by atoms with E-state index in [1.54, 1.807) is 12.5 Å². The molecule has 3 rings (SSSR count). The van der Waals surface area contributed by atoms with Crippen LogP contribution in [-0.4, -0.2) is 35.3 Å². The second-order valence-electron chi connectivity index (χ2n) is 5.26. The van der Waals surface area contributed by atoms with E-state index in [9.17, 15) is 4.79 Å². The van der Waals surface area contributed by atoms with Crippen LogP contribution in [0.4, 0.5) is 10.5 Å². The minimum Gasteiger partial charge on any atom is -0.491 e. The number of ether oxygens (including phenoxy) is 2. The zero-order valence-corrected chi connectivity index (χ0v) is 12.8. The molecular formula is C16H20N4O3. The average Bonchev–Trinajstić information content (AvgIpc) is 2.96. The number of carbonyl (C=O) groups is 1. The van der Waals surface area contributed by atoms with Crippen LogP contribution in [0.25, 0.3) is 0 Å². The van der Waals surface area contributed by atoms with E-state index in [-0.39, 0.29) is 6.03 Å². The maximum Gasteiger partial charge on any atom is 0.319 e. The zero-order chi connectivity index (χ0) is 15.9. The van der Waals surface area contributed by atoms with Crippen molar-refractivity contribution < 1.29 is 14.3 Å². The van der Waals surface area contributed by atoms with Crippen molar-refractivity contribution in [3.63, 3.8) is 0 Å². The molecule has 2 amide bonds. The van der Waals surface area contributed by atoms with Gasteiger partial charge in [-0.25, -0.2) is 9.78 Å². The number of amides is 2. The number of fused-ring (bicyclic) bond motifs is 1. The predicted octanol–water partition coefficient (Wildman–Crippen LogP) is 2.00. The van der Waals surface area contributed by atoms with Crippen molar-refractivity contribution in [2.45, 2.75) is 19.6 Å². The molecule has 0 unspecified atom stereocenters. The Labute approximate surface area is 134 Å². The Balaban J connectivity index is 1.45. The van der Waals surface area contributed by atoms with Crippen LogP contribution in [0.1, 0.15) is 12.0 Å². The molecule has 0 atom stereocenters. The summed E-state index contributed by atoms with van der Waals surface area (Å²) in [6.07, 6.45) is 6.25. The summed E-state index contributed by atoms with van der Waals surface area (Å²) >= 11 is 0. The SMILES string of the molecule is O=C(NCCCn1ccnc1)Nc1ccc2c(c1)OCCOC2. The summed E-state index contributed by atoms with van der Waals surface area (Å²) in [7, 11) is 0. The summed E-state index contributed by atoms with van der Waals surface area (Å²) in [6.45, 7) is 3.06. The number of aromatic nitrogens is 2. The van der Waals surface area contributed by atoms with Gasteiger partial charge in [0, 0.05) is 42.8 Å². The first-order valence-corrected chi connectivity index (χ1v) is 7.65.